The molecule has 0 aliphatic carbocycles. The fourth-order valence-corrected chi connectivity index (χ4v) is 2.01. The Morgan fingerprint density at radius 2 is 2.12 bits per heavy atom. The van der Waals surface area contributed by atoms with E-state index in [0.717, 1.165) is 0 Å². The van der Waals surface area contributed by atoms with Gasteiger partial charge in [0, 0.05) is 16.4 Å². The molecule has 0 bridgehead atoms. The van der Waals surface area contributed by atoms with Crippen LogP contribution in [-0.4, -0.2) is 22.4 Å². The van der Waals surface area contributed by atoms with Crippen LogP contribution < -0.4 is 5.32 Å². The van der Waals surface area contributed by atoms with E-state index in [4.69, 9.17) is 23.2 Å². The van der Waals surface area contributed by atoms with Crippen LogP contribution in [0.5, 0.6) is 5.75 Å². The number of hydrogen-bond donors (Lipinski definition) is 2. The van der Waals surface area contributed by atoms with Crippen LogP contribution in [0.3, 0.4) is 0 Å². The van der Waals surface area contributed by atoms with Crippen LogP contribution in [0.25, 0.3) is 0 Å². The first kappa shape index (κ1) is 14.1. The standard InChI is InChI=1S/C12H15Cl2NO2/c1-12(2,5-6-13)15-11(17)9-7-8(14)3-4-10(9)16/h3-4,7,16H,5-6H2,1-2H3,(H,15,17). The fourth-order valence-electron chi connectivity index (χ4n) is 1.36. The van der Waals surface area contributed by atoms with Gasteiger partial charge in [-0.1, -0.05) is 11.6 Å². The van der Waals surface area contributed by atoms with Crippen molar-refractivity contribution >= 4 is 29.1 Å². The number of nitrogens with one attached hydrogen (secondary N) is 1. The molecule has 17 heavy (non-hydrogen) atoms. The lowest BCUT2D eigenvalue weighted by molar-refractivity contribution is 0.0909. The fraction of sp³-hybridized carbons (Fsp3) is 0.417. The smallest absolute Gasteiger partial charge is 0.255 e. The molecule has 0 atom stereocenters. The highest BCUT2D eigenvalue weighted by Gasteiger charge is 2.22. The van der Waals surface area contributed by atoms with Gasteiger partial charge in [0.1, 0.15) is 5.75 Å². The Kier molecular flexibility index (Phi) is 4.66. The van der Waals surface area contributed by atoms with Gasteiger partial charge in [-0.15, -0.1) is 11.6 Å². The molecule has 1 amide bonds. The molecule has 2 N–H and O–H groups in total. The van der Waals surface area contributed by atoms with Crippen molar-refractivity contribution < 1.29 is 9.90 Å². The van der Waals surface area contributed by atoms with Gasteiger partial charge in [0.2, 0.25) is 0 Å². The molecule has 0 saturated carbocycles. The van der Waals surface area contributed by atoms with Crippen LogP contribution >= 0.6 is 23.2 Å². The van der Waals surface area contributed by atoms with Crippen molar-refractivity contribution in [1.82, 2.24) is 5.32 Å². The molecule has 0 fully saturated rings. The van der Waals surface area contributed by atoms with Crippen LogP contribution in [-0.2, 0) is 0 Å². The third kappa shape index (κ3) is 4.10. The van der Waals surface area contributed by atoms with E-state index < -0.39 is 5.54 Å². The number of carbonyl (C=O) groups excluding carboxylic acids is 1. The second-order valence-electron chi connectivity index (χ2n) is 4.44. The van der Waals surface area contributed by atoms with Crippen molar-refractivity contribution in [2.75, 3.05) is 5.88 Å². The molecule has 94 valence electrons. The number of alkyl halides is 1. The zero-order valence-corrected chi connectivity index (χ0v) is 11.3. The summed E-state index contributed by atoms with van der Waals surface area (Å²) in [4.78, 5) is 11.9. The molecule has 1 rings (SSSR count). The first-order valence-corrected chi connectivity index (χ1v) is 6.14. The van der Waals surface area contributed by atoms with Crippen molar-refractivity contribution in [3.63, 3.8) is 0 Å². The number of benzene rings is 1. The minimum atomic E-state index is -0.423. The van der Waals surface area contributed by atoms with Crippen LogP contribution in [0.2, 0.25) is 5.02 Å². The van der Waals surface area contributed by atoms with Crippen LogP contribution in [0.1, 0.15) is 30.6 Å². The van der Waals surface area contributed by atoms with Crippen LogP contribution in [0.4, 0.5) is 0 Å². The summed E-state index contributed by atoms with van der Waals surface area (Å²) in [6.45, 7) is 3.74. The lowest BCUT2D eigenvalue weighted by Crippen LogP contribution is -2.43. The summed E-state index contributed by atoms with van der Waals surface area (Å²) in [6.07, 6.45) is 0.640. The number of phenols is 1. The molecule has 5 heteroatoms. The third-order valence-electron chi connectivity index (χ3n) is 2.37. The predicted octanol–water partition coefficient (Wildman–Crippen LogP) is 3.18. The van der Waals surface area contributed by atoms with Gasteiger partial charge in [-0.05, 0) is 38.5 Å². The lowest BCUT2D eigenvalue weighted by atomic mass is 10.0. The van der Waals surface area contributed by atoms with E-state index in [1.165, 1.54) is 18.2 Å². The van der Waals surface area contributed by atoms with E-state index in [2.05, 4.69) is 5.32 Å². The third-order valence-corrected chi connectivity index (χ3v) is 2.80. The summed E-state index contributed by atoms with van der Waals surface area (Å²) in [6, 6.07) is 4.35. The lowest BCUT2D eigenvalue weighted by Gasteiger charge is -2.25. The molecule has 1 aromatic rings. The van der Waals surface area contributed by atoms with Gasteiger partial charge < -0.3 is 10.4 Å². The Balaban J connectivity index is 2.86. The summed E-state index contributed by atoms with van der Waals surface area (Å²) in [5.41, 5.74) is -0.256. The average molecular weight is 276 g/mol. The van der Waals surface area contributed by atoms with Gasteiger partial charge in [0.25, 0.3) is 5.91 Å². The summed E-state index contributed by atoms with van der Waals surface area (Å²) in [5, 5.41) is 12.8. The zero-order valence-electron chi connectivity index (χ0n) is 9.76. The highest BCUT2D eigenvalue weighted by molar-refractivity contribution is 6.31. The number of phenolic OH excluding ortho intramolecular Hbond substituents is 1. The largest absolute Gasteiger partial charge is 0.507 e. The van der Waals surface area contributed by atoms with Gasteiger partial charge in [-0.3, -0.25) is 4.79 Å². The van der Waals surface area contributed by atoms with Crippen molar-refractivity contribution in [3.8, 4) is 5.75 Å². The van der Waals surface area contributed by atoms with Crippen molar-refractivity contribution in [1.29, 1.82) is 0 Å². The molecule has 0 aliphatic heterocycles. The first-order valence-electron chi connectivity index (χ1n) is 5.23. The van der Waals surface area contributed by atoms with Crippen molar-refractivity contribution in [3.05, 3.63) is 28.8 Å². The highest BCUT2D eigenvalue weighted by Crippen LogP contribution is 2.22. The summed E-state index contributed by atoms with van der Waals surface area (Å²) in [5.74, 6) is 0.00290. The molecule has 0 spiro atoms. The Morgan fingerprint density at radius 1 is 1.47 bits per heavy atom. The van der Waals surface area contributed by atoms with Crippen molar-refractivity contribution in [2.24, 2.45) is 0 Å². The minimum absolute atomic E-state index is 0.0893. The molecular formula is C12H15Cl2NO2. The molecule has 0 radical (unpaired) electrons. The number of hydrogen-bond acceptors (Lipinski definition) is 2. The maximum atomic E-state index is 11.9. The van der Waals surface area contributed by atoms with Gasteiger partial charge in [0.05, 0.1) is 5.56 Å². The predicted molar refractivity (Wildman–Crippen MR) is 70.0 cm³/mol. The quantitative estimate of drug-likeness (QED) is 0.830. The summed E-state index contributed by atoms with van der Waals surface area (Å²) >= 11 is 11.4. The number of carbonyl (C=O) groups is 1. The van der Waals surface area contributed by atoms with E-state index in [1.807, 2.05) is 13.8 Å². The highest BCUT2D eigenvalue weighted by atomic mass is 35.5. The molecule has 0 saturated heterocycles. The Morgan fingerprint density at radius 3 is 2.71 bits per heavy atom. The second-order valence-corrected chi connectivity index (χ2v) is 5.25. The van der Waals surface area contributed by atoms with E-state index in [1.54, 1.807) is 0 Å². The summed E-state index contributed by atoms with van der Waals surface area (Å²) in [7, 11) is 0. The van der Waals surface area contributed by atoms with Gasteiger partial charge >= 0.3 is 0 Å². The monoisotopic (exact) mass is 275 g/mol. The Hall–Kier alpha value is -0.930. The Labute approximate surface area is 111 Å². The molecule has 0 aromatic heterocycles. The van der Waals surface area contributed by atoms with E-state index in [0.29, 0.717) is 17.3 Å². The molecule has 0 unspecified atom stereocenters. The number of halogens is 2. The molecule has 0 aliphatic rings. The second kappa shape index (κ2) is 5.61. The number of rotatable bonds is 4. The molecule has 1 aromatic carbocycles. The maximum Gasteiger partial charge on any atom is 0.255 e. The van der Waals surface area contributed by atoms with Crippen molar-refractivity contribution in [2.45, 2.75) is 25.8 Å². The van der Waals surface area contributed by atoms with Gasteiger partial charge in [-0.25, -0.2) is 0 Å². The average Bonchev–Trinajstić information content (AvgIpc) is 2.20. The molecular weight excluding hydrogens is 261 g/mol. The van der Waals surface area contributed by atoms with Gasteiger partial charge in [0.15, 0.2) is 0 Å². The molecule has 0 heterocycles. The number of amides is 1. The Bertz CT molecular complexity index is 419. The van der Waals surface area contributed by atoms with Crippen LogP contribution in [0, 0.1) is 0 Å². The zero-order chi connectivity index (χ0) is 13.1. The van der Waals surface area contributed by atoms with E-state index in [-0.39, 0.29) is 17.2 Å². The number of aromatic hydroxyl groups is 1. The first-order chi connectivity index (χ1) is 7.85. The normalized spacial score (nSPS) is 11.3. The topological polar surface area (TPSA) is 49.3 Å². The summed E-state index contributed by atoms with van der Waals surface area (Å²) < 4.78 is 0. The maximum absolute atomic E-state index is 11.9. The molecule has 3 nitrogen and oxygen atoms in total. The SMILES string of the molecule is CC(C)(CCCl)NC(=O)c1cc(Cl)ccc1O. The van der Waals surface area contributed by atoms with Gasteiger partial charge in [-0.2, -0.15) is 0 Å². The van der Waals surface area contributed by atoms with Crippen LogP contribution in [0.15, 0.2) is 18.2 Å². The van der Waals surface area contributed by atoms with E-state index in [9.17, 15) is 9.90 Å². The minimum Gasteiger partial charge on any atom is -0.507 e. The van der Waals surface area contributed by atoms with E-state index >= 15 is 0 Å².